The van der Waals surface area contributed by atoms with E-state index in [9.17, 15) is 18.0 Å². The third kappa shape index (κ3) is 4.61. The normalized spacial score (nSPS) is 11.1. The van der Waals surface area contributed by atoms with Gasteiger partial charge in [0.25, 0.3) is 0 Å². The van der Waals surface area contributed by atoms with E-state index >= 15 is 0 Å². The molecule has 98 valence electrons. The predicted octanol–water partition coefficient (Wildman–Crippen LogP) is 2.94. The van der Waals surface area contributed by atoms with Crippen molar-refractivity contribution in [2.45, 2.75) is 19.5 Å². The number of nitrogens with one attached hydrogen (secondary N) is 1. The summed E-state index contributed by atoms with van der Waals surface area (Å²) in [4.78, 5) is 11.4. The van der Waals surface area contributed by atoms with Gasteiger partial charge >= 0.3 is 6.18 Å². The summed E-state index contributed by atoms with van der Waals surface area (Å²) in [5, 5.41) is 2.61. The molecule has 0 aromatic heterocycles. The molecule has 0 heterocycles. The van der Waals surface area contributed by atoms with Crippen molar-refractivity contribution in [3.8, 4) is 0 Å². The molecule has 0 bridgehead atoms. The standard InChI is InChI=1S/C13H14F3NO/c1-9(2)8-17-12(18)7-10-3-5-11(6-4-10)13(14,15)16/h3-6H,1,7-8H2,2H3,(H,17,18). The van der Waals surface area contributed by atoms with E-state index in [0.717, 1.165) is 17.7 Å². The monoisotopic (exact) mass is 257 g/mol. The van der Waals surface area contributed by atoms with Gasteiger partial charge in [-0.2, -0.15) is 13.2 Å². The zero-order valence-corrected chi connectivity index (χ0v) is 9.97. The Bertz CT molecular complexity index is 435. The Labute approximate surface area is 104 Å². The third-order valence-corrected chi connectivity index (χ3v) is 2.23. The lowest BCUT2D eigenvalue weighted by Crippen LogP contribution is -2.26. The maximum absolute atomic E-state index is 12.3. The van der Waals surface area contributed by atoms with Gasteiger partial charge in [-0.25, -0.2) is 0 Å². The second-order valence-corrected chi connectivity index (χ2v) is 4.11. The molecule has 18 heavy (non-hydrogen) atoms. The highest BCUT2D eigenvalue weighted by atomic mass is 19.4. The van der Waals surface area contributed by atoms with E-state index in [4.69, 9.17) is 0 Å². The van der Waals surface area contributed by atoms with Gasteiger partial charge in [0.2, 0.25) is 5.91 Å². The highest BCUT2D eigenvalue weighted by Gasteiger charge is 2.29. The van der Waals surface area contributed by atoms with Gasteiger partial charge in [0.15, 0.2) is 0 Å². The zero-order chi connectivity index (χ0) is 13.8. The lowest BCUT2D eigenvalue weighted by molar-refractivity contribution is -0.137. The third-order valence-electron chi connectivity index (χ3n) is 2.23. The van der Waals surface area contributed by atoms with Gasteiger partial charge in [0, 0.05) is 6.54 Å². The molecule has 0 atom stereocenters. The average molecular weight is 257 g/mol. The molecule has 1 aromatic rings. The first-order valence-corrected chi connectivity index (χ1v) is 5.36. The molecule has 0 unspecified atom stereocenters. The molecule has 0 saturated carbocycles. The van der Waals surface area contributed by atoms with E-state index in [0.29, 0.717) is 12.1 Å². The summed E-state index contributed by atoms with van der Waals surface area (Å²) in [5.74, 6) is -0.238. The first-order valence-electron chi connectivity index (χ1n) is 5.36. The Morgan fingerprint density at radius 3 is 2.28 bits per heavy atom. The molecular weight excluding hydrogens is 243 g/mol. The summed E-state index contributed by atoms with van der Waals surface area (Å²) in [6.45, 7) is 5.78. The van der Waals surface area contributed by atoms with E-state index in [1.807, 2.05) is 0 Å². The van der Waals surface area contributed by atoms with Crippen molar-refractivity contribution in [1.29, 1.82) is 0 Å². The van der Waals surface area contributed by atoms with Crippen LogP contribution in [0, 0.1) is 0 Å². The van der Waals surface area contributed by atoms with Gasteiger partial charge in [-0.3, -0.25) is 4.79 Å². The van der Waals surface area contributed by atoms with Crippen LogP contribution in [-0.2, 0) is 17.4 Å². The van der Waals surface area contributed by atoms with Gasteiger partial charge in [0.05, 0.1) is 12.0 Å². The molecule has 5 heteroatoms. The van der Waals surface area contributed by atoms with E-state index in [1.165, 1.54) is 12.1 Å². The lowest BCUT2D eigenvalue weighted by atomic mass is 10.1. The van der Waals surface area contributed by atoms with Gasteiger partial charge in [-0.1, -0.05) is 24.3 Å². The van der Waals surface area contributed by atoms with Crippen molar-refractivity contribution < 1.29 is 18.0 Å². The summed E-state index contributed by atoms with van der Waals surface area (Å²) in [7, 11) is 0. The van der Waals surface area contributed by atoms with Gasteiger partial charge in [-0.05, 0) is 24.6 Å². The fourth-order valence-corrected chi connectivity index (χ4v) is 1.31. The van der Waals surface area contributed by atoms with Crippen molar-refractivity contribution in [2.75, 3.05) is 6.54 Å². The van der Waals surface area contributed by atoms with Gasteiger partial charge in [0.1, 0.15) is 0 Å². The fraction of sp³-hybridized carbons (Fsp3) is 0.308. The Morgan fingerprint density at radius 1 is 1.28 bits per heavy atom. The summed E-state index contributed by atoms with van der Waals surface area (Å²) >= 11 is 0. The lowest BCUT2D eigenvalue weighted by Gasteiger charge is -2.08. The van der Waals surface area contributed by atoms with Crippen LogP contribution in [0.15, 0.2) is 36.4 Å². The highest BCUT2D eigenvalue weighted by Crippen LogP contribution is 2.29. The zero-order valence-electron chi connectivity index (χ0n) is 9.97. The fourth-order valence-electron chi connectivity index (χ4n) is 1.31. The van der Waals surface area contributed by atoms with Crippen molar-refractivity contribution in [3.63, 3.8) is 0 Å². The van der Waals surface area contributed by atoms with Crippen LogP contribution in [0.5, 0.6) is 0 Å². The van der Waals surface area contributed by atoms with Crippen LogP contribution in [0.2, 0.25) is 0 Å². The minimum absolute atomic E-state index is 0.0609. The second kappa shape index (κ2) is 5.71. The molecule has 0 aliphatic rings. The quantitative estimate of drug-likeness (QED) is 0.825. The van der Waals surface area contributed by atoms with Crippen LogP contribution in [0.25, 0.3) is 0 Å². The SMILES string of the molecule is C=C(C)CNC(=O)Cc1ccc(C(F)(F)F)cc1. The molecule has 0 aliphatic heterocycles. The van der Waals surface area contributed by atoms with E-state index in [-0.39, 0.29) is 12.3 Å². The number of benzene rings is 1. The van der Waals surface area contributed by atoms with Crippen LogP contribution in [0.4, 0.5) is 13.2 Å². The van der Waals surface area contributed by atoms with E-state index in [1.54, 1.807) is 6.92 Å². The molecule has 0 radical (unpaired) electrons. The molecule has 1 N–H and O–H groups in total. The average Bonchev–Trinajstić information content (AvgIpc) is 2.26. The molecule has 0 aliphatic carbocycles. The first kappa shape index (κ1) is 14.3. The number of alkyl halides is 3. The number of carbonyl (C=O) groups is 1. The van der Waals surface area contributed by atoms with E-state index < -0.39 is 11.7 Å². The minimum atomic E-state index is -4.35. The topological polar surface area (TPSA) is 29.1 Å². The maximum atomic E-state index is 12.3. The largest absolute Gasteiger partial charge is 0.416 e. The van der Waals surface area contributed by atoms with Crippen molar-refractivity contribution in [1.82, 2.24) is 5.32 Å². The molecular formula is C13H14F3NO. The maximum Gasteiger partial charge on any atom is 0.416 e. The number of halogens is 3. The van der Waals surface area contributed by atoms with Crippen LogP contribution < -0.4 is 5.32 Å². The summed E-state index contributed by atoms with van der Waals surface area (Å²) in [5.41, 5.74) is 0.645. The Kier molecular flexibility index (Phi) is 4.53. The van der Waals surface area contributed by atoms with Crippen molar-refractivity contribution in [2.24, 2.45) is 0 Å². The molecule has 1 amide bonds. The number of carbonyl (C=O) groups excluding carboxylic acids is 1. The number of hydrogen-bond acceptors (Lipinski definition) is 1. The summed E-state index contributed by atoms with van der Waals surface area (Å²) < 4.78 is 36.9. The van der Waals surface area contributed by atoms with Gasteiger partial charge in [-0.15, -0.1) is 0 Å². The molecule has 0 spiro atoms. The van der Waals surface area contributed by atoms with Crippen molar-refractivity contribution in [3.05, 3.63) is 47.5 Å². The number of amides is 1. The molecule has 1 aromatic carbocycles. The van der Waals surface area contributed by atoms with Crippen LogP contribution in [-0.4, -0.2) is 12.5 Å². The molecule has 1 rings (SSSR count). The summed E-state index contributed by atoms with van der Waals surface area (Å²) in [6, 6.07) is 4.56. The van der Waals surface area contributed by atoms with Crippen LogP contribution in [0.1, 0.15) is 18.1 Å². The Morgan fingerprint density at radius 2 is 1.83 bits per heavy atom. The van der Waals surface area contributed by atoms with Crippen LogP contribution >= 0.6 is 0 Å². The summed E-state index contributed by atoms with van der Waals surface area (Å²) in [6.07, 6.45) is -4.29. The molecule has 2 nitrogen and oxygen atoms in total. The predicted molar refractivity (Wildman–Crippen MR) is 63.0 cm³/mol. The van der Waals surface area contributed by atoms with Gasteiger partial charge < -0.3 is 5.32 Å². The Hall–Kier alpha value is -1.78. The molecule has 0 saturated heterocycles. The van der Waals surface area contributed by atoms with Crippen molar-refractivity contribution >= 4 is 5.91 Å². The first-order chi connectivity index (χ1) is 8.29. The van der Waals surface area contributed by atoms with Crippen LogP contribution in [0.3, 0.4) is 0 Å². The number of hydrogen-bond donors (Lipinski definition) is 1. The van der Waals surface area contributed by atoms with E-state index in [2.05, 4.69) is 11.9 Å². The number of rotatable bonds is 4. The minimum Gasteiger partial charge on any atom is -0.352 e. The second-order valence-electron chi connectivity index (χ2n) is 4.11. The highest BCUT2D eigenvalue weighted by molar-refractivity contribution is 5.78. The molecule has 0 fully saturated rings. The smallest absolute Gasteiger partial charge is 0.352 e. The Balaban J connectivity index is 2.59.